The van der Waals surface area contributed by atoms with Crippen molar-refractivity contribution in [1.82, 2.24) is 10.2 Å². The maximum Gasteiger partial charge on any atom is 0.307 e. The predicted molar refractivity (Wildman–Crippen MR) is 71.0 cm³/mol. The summed E-state index contributed by atoms with van der Waals surface area (Å²) < 4.78 is 4.90. The van der Waals surface area contributed by atoms with Crippen LogP contribution in [0.2, 0.25) is 0 Å². The van der Waals surface area contributed by atoms with Crippen molar-refractivity contribution in [3.63, 3.8) is 0 Å². The van der Waals surface area contributed by atoms with Crippen molar-refractivity contribution in [3.05, 3.63) is 0 Å². The normalized spacial score (nSPS) is 13.1. The Balaban J connectivity index is 3.86. The van der Waals surface area contributed by atoms with Crippen LogP contribution in [0.1, 0.15) is 33.6 Å². The summed E-state index contributed by atoms with van der Waals surface area (Å²) in [5.41, 5.74) is 0. The molecule has 1 atom stereocenters. The highest BCUT2D eigenvalue weighted by atomic mass is 16.5. The summed E-state index contributed by atoms with van der Waals surface area (Å²) in [7, 11) is 4.14. The lowest BCUT2D eigenvalue weighted by Crippen LogP contribution is -2.40. The van der Waals surface area contributed by atoms with E-state index in [4.69, 9.17) is 4.74 Å². The molecule has 0 aliphatic rings. The van der Waals surface area contributed by atoms with E-state index in [1.807, 2.05) is 6.92 Å². The molecule has 0 aromatic heterocycles. The van der Waals surface area contributed by atoms with Crippen molar-refractivity contribution < 1.29 is 9.53 Å². The second-order valence-electron chi connectivity index (χ2n) is 5.10. The first kappa shape index (κ1) is 16.4. The molecule has 0 aliphatic heterocycles. The van der Waals surface area contributed by atoms with Crippen molar-refractivity contribution in [1.29, 1.82) is 0 Å². The summed E-state index contributed by atoms with van der Waals surface area (Å²) in [6.45, 7) is 8.43. The van der Waals surface area contributed by atoms with Gasteiger partial charge in [0, 0.05) is 19.1 Å². The number of carbonyl (C=O) groups is 1. The number of carbonyl (C=O) groups excluding carboxylic acids is 1. The number of nitrogens with one attached hydrogen (secondary N) is 1. The third kappa shape index (κ3) is 10.3. The van der Waals surface area contributed by atoms with Gasteiger partial charge in [0.2, 0.25) is 0 Å². The molecule has 0 aromatic carbocycles. The number of rotatable bonds is 9. The Labute approximate surface area is 106 Å². The van der Waals surface area contributed by atoms with Crippen LogP contribution < -0.4 is 5.32 Å². The van der Waals surface area contributed by atoms with E-state index >= 15 is 0 Å². The van der Waals surface area contributed by atoms with Crippen LogP contribution in [-0.2, 0) is 9.53 Å². The van der Waals surface area contributed by atoms with E-state index in [2.05, 4.69) is 38.2 Å². The van der Waals surface area contributed by atoms with Crippen LogP contribution in [0.3, 0.4) is 0 Å². The second-order valence-corrected chi connectivity index (χ2v) is 5.10. The fourth-order valence-corrected chi connectivity index (χ4v) is 1.84. The smallest absolute Gasteiger partial charge is 0.307 e. The first-order chi connectivity index (χ1) is 7.95. The summed E-state index contributed by atoms with van der Waals surface area (Å²) >= 11 is 0. The zero-order chi connectivity index (χ0) is 13.3. The van der Waals surface area contributed by atoms with E-state index in [0.29, 0.717) is 31.5 Å². The number of ether oxygens (including phenoxy) is 1. The van der Waals surface area contributed by atoms with E-state index < -0.39 is 0 Å². The lowest BCUT2D eigenvalue weighted by Gasteiger charge is -2.23. The van der Waals surface area contributed by atoms with Gasteiger partial charge < -0.3 is 15.0 Å². The van der Waals surface area contributed by atoms with Crippen molar-refractivity contribution >= 4 is 5.97 Å². The Bertz CT molecular complexity index is 196. The molecule has 4 nitrogen and oxygen atoms in total. The molecule has 1 unspecified atom stereocenters. The van der Waals surface area contributed by atoms with Crippen LogP contribution in [0.15, 0.2) is 0 Å². The van der Waals surface area contributed by atoms with E-state index in [0.717, 1.165) is 13.0 Å². The molecule has 0 bridgehead atoms. The highest BCUT2D eigenvalue weighted by molar-refractivity contribution is 5.69. The van der Waals surface area contributed by atoms with Crippen molar-refractivity contribution in [2.24, 2.45) is 5.92 Å². The third-order valence-corrected chi connectivity index (χ3v) is 2.41. The van der Waals surface area contributed by atoms with E-state index in [9.17, 15) is 4.79 Å². The SMILES string of the molecule is CCOC(=O)CCNC(CC(C)C)CN(C)C. The predicted octanol–water partition coefficient (Wildman–Crippen LogP) is 1.51. The van der Waals surface area contributed by atoms with E-state index in [1.54, 1.807) is 0 Å². The molecule has 0 rings (SSSR count). The molecule has 0 amide bonds. The quantitative estimate of drug-likeness (QED) is 0.624. The van der Waals surface area contributed by atoms with Crippen LogP contribution in [0.5, 0.6) is 0 Å². The summed E-state index contributed by atoms with van der Waals surface area (Å²) in [5, 5.41) is 3.43. The lowest BCUT2D eigenvalue weighted by molar-refractivity contribution is -0.143. The standard InChI is InChI=1S/C13H28N2O2/c1-6-17-13(16)7-8-14-12(9-11(2)3)10-15(4)5/h11-12,14H,6-10H2,1-5H3. The maximum absolute atomic E-state index is 11.2. The van der Waals surface area contributed by atoms with Crippen LogP contribution in [0, 0.1) is 5.92 Å². The molecule has 0 aliphatic carbocycles. The summed E-state index contributed by atoms with van der Waals surface area (Å²) in [6, 6.07) is 0.444. The number of hydrogen-bond donors (Lipinski definition) is 1. The van der Waals surface area contributed by atoms with Gasteiger partial charge in [0.25, 0.3) is 0 Å². The number of hydrogen-bond acceptors (Lipinski definition) is 4. The summed E-state index contributed by atoms with van der Waals surface area (Å²) in [4.78, 5) is 13.4. The van der Waals surface area contributed by atoms with Gasteiger partial charge in [-0.15, -0.1) is 0 Å². The molecule has 0 saturated carbocycles. The number of esters is 1. The van der Waals surface area contributed by atoms with E-state index in [1.165, 1.54) is 0 Å². The first-order valence-electron chi connectivity index (χ1n) is 6.49. The molecule has 102 valence electrons. The molecule has 1 N–H and O–H groups in total. The Kier molecular flexibility index (Phi) is 9.09. The first-order valence-corrected chi connectivity index (χ1v) is 6.49. The van der Waals surface area contributed by atoms with Crippen LogP contribution in [0.25, 0.3) is 0 Å². The Morgan fingerprint density at radius 3 is 2.47 bits per heavy atom. The molecular formula is C13H28N2O2. The zero-order valence-electron chi connectivity index (χ0n) is 12.0. The molecule has 0 fully saturated rings. The average Bonchev–Trinajstić information content (AvgIpc) is 2.15. The zero-order valence-corrected chi connectivity index (χ0v) is 12.0. The highest BCUT2D eigenvalue weighted by Gasteiger charge is 2.12. The minimum absolute atomic E-state index is 0.117. The van der Waals surface area contributed by atoms with E-state index in [-0.39, 0.29) is 5.97 Å². The summed E-state index contributed by atoms with van der Waals surface area (Å²) in [6.07, 6.45) is 1.58. The topological polar surface area (TPSA) is 41.6 Å². The van der Waals surface area contributed by atoms with Crippen LogP contribution >= 0.6 is 0 Å². The maximum atomic E-state index is 11.2. The highest BCUT2D eigenvalue weighted by Crippen LogP contribution is 2.05. The number of nitrogens with zero attached hydrogens (tertiary/aromatic N) is 1. The number of likely N-dealkylation sites (N-methyl/N-ethyl adjacent to an activating group) is 1. The van der Waals surface area contributed by atoms with Gasteiger partial charge in [0.1, 0.15) is 0 Å². The van der Waals surface area contributed by atoms with Crippen LogP contribution in [-0.4, -0.2) is 50.7 Å². The van der Waals surface area contributed by atoms with Gasteiger partial charge in [0.05, 0.1) is 13.0 Å². The van der Waals surface area contributed by atoms with Gasteiger partial charge in [-0.2, -0.15) is 0 Å². The van der Waals surface area contributed by atoms with Gasteiger partial charge >= 0.3 is 5.97 Å². The third-order valence-electron chi connectivity index (χ3n) is 2.41. The second kappa shape index (κ2) is 9.42. The Morgan fingerprint density at radius 1 is 1.35 bits per heavy atom. The van der Waals surface area contributed by atoms with Gasteiger partial charge in [0.15, 0.2) is 0 Å². The molecule has 0 saturated heterocycles. The molecule has 0 aromatic rings. The van der Waals surface area contributed by atoms with Crippen molar-refractivity contribution in [2.75, 3.05) is 33.8 Å². The molecule has 0 spiro atoms. The van der Waals surface area contributed by atoms with Gasteiger partial charge in [-0.05, 0) is 33.4 Å². The monoisotopic (exact) mass is 244 g/mol. The Hall–Kier alpha value is -0.610. The van der Waals surface area contributed by atoms with Crippen molar-refractivity contribution in [2.45, 2.75) is 39.7 Å². The molecule has 0 radical (unpaired) electrons. The van der Waals surface area contributed by atoms with Gasteiger partial charge in [-0.1, -0.05) is 13.8 Å². The average molecular weight is 244 g/mol. The molecular weight excluding hydrogens is 216 g/mol. The summed E-state index contributed by atoms with van der Waals surface area (Å²) in [5.74, 6) is 0.545. The van der Waals surface area contributed by atoms with Gasteiger partial charge in [-0.3, -0.25) is 4.79 Å². The van der Waals surface area contributed by atoms with Crippen molar-refractivity contribution in [3.8, 4) is 0 Å². The lowest BCUT2D eigenvalue weighted by atomic mass is 10.0. The molecule has 0 heterocycles. The fraction of sp³-hybridized carbons (Fsp3) is 0.923. The largest absolute Gasteiger partial charge is 0.466 e. The minimum Gasteiger partial charge on any atom is -0.466 e. The van der Waals surface area contributed by atoms with Crippen LogP contribution in [0.4, 0.5) is 0 Å². The molecule has 17 heavy (non-hydrogen) atoms. The fourth-order valence-electron chi connectivity index (χ4n) is 1.84. The van der Waals surface area contributed by atoms with Gasteiger partial charge in [-0.25, -0.2) is 0 Å². The minimum atomic E-state index is -0.117. The Morgan fingerprint density at radius 2 is 2.00 bits per heavy atom. The molecule has 4 heteroatoms.